The Morgan fingerprint density at radius 1 is 1.00 bits per heavy atom. The Hall–Kier alpha value is -2.47. The molecule has 0 bridgehead atoms. The molecule has 0 aliphatic rings. The Balaban J connectivity index is 5.27. The molecule has 0 radical (unpaired) electrons. The molecule has 0 rings (SSSR count). The Labute approximate surface area is 192 Å². The summed E-state index contributed by atoms with van der Waals surface area (Å²) in [6, 6.07) is -2.40. The highest BCUT2D eigenvalue weighted by Crippen LogP contribution is 2.14. The zero-order valence-corrected chi connectivity index (χ0v) is 19.8. The van der Waals surface area contributed by atoms with Gasteiger partial charge in [-0.2, -0.15) is 0 Å². The molecule has 0 aliphatic heterocycles. The van der Waals surface area contributed by atoms with Crippen LogP contribution in [0, 0.1) is 0 Å². The van der Waals surface area contributed by atoms with E-state index in [-0.39, 0.29) is 36.9 Å². The molecular formula is C20H33N3O8S. The van der Waals surface area contributed by atoms with Crippen molar-refractivity contribution in [2.24, 2.45) is 5.73 Å². The van der Waals surface area contributed by atoms with Gasteiger partial charge in [-0.1, -0.05) is 25.6 Å². The molecule has 3 N–H and O–H groups in total. The third-order valence-electron chi connectivity index (χ3n) is 3.96. The van der Waals surface area contributed by atoms with Crippen molar-refractivity contribution < 1.29 is 38.2 Å². The van der Waals surface area contributed by atoms with Crippen LogP contribution in [0.5, 0.6) is 0 Å². The smallest absolute Gasteiger partial charge is 0.325 e. The molecule has 0 heterocycles. The summed E-state index contributed by atoms with van der Waals surface area (Å²) in [5.41, 5.74) is 5.73. The van der Waals surface area contributed by atoms with Crippen LogP contribution in [-0.2, 0) is 38.2 Å². The van der Waals surface area contributed by atoms with E-state index in [9.17, 15) is 28.8 Å². The van der Waals surface area contributed by atoms with Gasteiger partial charge in [0.15, 0.2) is 5.12 Å². The molecule has 0 saturated carbocycles. The van der Waals surface area contributed by atoms with Crippen LogP contribution in [0.1, 0.15) is 53.4 Å². The number of esters is 2. The van der Waals surface area contributed by atoms with Gasteiger partial charge in [-0.05, 0) is 19.3 Å². The minimum absolute atomic E-state index is 0.0945. The lowest BCUT2D eigenvalue weighted by Gasteiger charge is -2.28. The number of rotatable bonds is 14. The number of hydrogen-bond acceptors (Lipinski definition) is 10. The standard InChI is InChI=1S/C20H33N3O8S/c1-5-9-30-18(27)11-22-19(28)16(12-32-14(4)25)23(13(3)24)17(26)8-7-15(21)20(29)31-10-6-2/h15-16H,5-12,21H2,1-4H3,(H,22,28). The van der Waals surface area contributed by atoms with Crippen LogP contribution in [0.2, 0.25) is 0 Å². The highest BCUT2D eigenvalue weighted by molar-refractivity contribution is 8.13. The summed E-state index contributed by atoms with van der Waals surface area (Å²) < 4.78 is 9.79. The monoisotopic (exact) mass is 475 g/mol. The van der Waals surface area contributed by atoms with Crippen LogP contribution in [0.15, 0.2) is 0 Å². The lowest BCUT2D eigenvalue weighted by atomic mass is 10.1. The minimum Gasteiger partial charge on any atom is -0.465 e. The summed E-state index contributed by atoms with van der Waals surface area (Å²) in [5, 5.41) is 2.01. The first-order valence-electron chi connectivity index (χ1n) is 10.4. The fourth-order valence-corrected chi connectivity index (χ4v) is 3.10. The predicted octanol–water partition coefficient (Wildman–Crippen LogP) is 0.140. The Kier molecular flexibility index (Phi) is 15.0. The fraction of sp³-hybridized carbons (Fsp3) is 0.700. The molecule has 0 saturated heterocycles. The van der Waals surface area contributed by atoms with Crippen molar-refractivity contribution in [3.8, 4) is 0 Å². The second kappa shape index (κ2) is 16.2. The van der Waals surface area contributed by atoms with E-state index < -0.39 is 48.3 Å². The number of hydrogen-bond donors (Lipinski definition) is 2. The number of ether oxygens (including phenoxy) is 2. The SMILES string of the molecule is CCCOC(=O)CNC(=O)C(CSC(C)=O)N(C(C)=O)C(=O)CCC(N)C(=O)OCCC. The van der Waals surface area contributed by atoms with Gasteiger partial charge in [0.05, 0.1) is 13.2 Å². The first-order valence-corrected chi connectivity index (χ1v) is 11.3. The molecule has 11 nitrogen and oxygen atoms in total. The van der Waals surface area contributed by atoms with E-state index in [0.717, 1.165) is 18.7 Å². The van der Waals surface area contributed by atoms with Crippen molar-refractivity contribution in [3.63, 3.8) is 0 Å². The first kappa shape index (κ1) is 29.5. The molecule has 0 aliphatic carbocycles. The summed E-state index contributed by atoms with van der Waals surface area (Å²) >= 11 is 0.757. The number of amides is 3. The maximum absolute atomic E-state index is 12.7. The number of carbonyl (C=O) groups is 6. The van der Waals surface area contributed by atoms with E-state index in [1.54, 1.807) is 0 Å². The van der Waals surface area contributed by atoms with E-state index in [4.69, 9.17) is 15.2 Å². The Morgan fingerprint density at radius 2 is 1.59 bits per heavy atom. The average Bonchev–Trinajstić information content (AvgIpc) is 2.74. The molecule has 2 atom stereocenters. The number of nitrogens with one attached hydrogen (secondary N) is 1. The molecule has 2 unspecified atom stereocenters. The summed E-state index contributed by atoms with van der Waals surface area (Å²) in [7, 11) is 0. The molecule has 32 heavy (non-hydrogen) atoms. The van der Waals surface area contributed by atoms with Gasteiger partial charge in [-0.3, -0.25) is 33.7 Å². The number of thioether (sulfide) groups is 1. The van der Waals surface area contributed by atoms with Gasteiger partial charge in [-0.15, -0.1) is 0 Å². The second-order valence-electron chi connectivity index (χ2n) is 6.85. The second-order valence-corrected chi connectivity index (χ2v) is 8.05. The number of nitrogens with zero attached hydrogens (tertiary/aromatic N) is 1. The Morgan fingerprint density at radius 3 is 2.12 bits per heavy atom. The van der Waals surface area contributed by atoms with Crippen molar-refractivity contribution in [1.29, 1.82) is 0 Å². The van der Waals surface area contributed by atoms with E-state index in [1.165, 1.54) is 6.92 Å². The van der Waals surface area contributed by atoms with Crippen LogP contribution >= 0.6 is 11.8 Å². The highest BCUT2D eigenvalue weighted by atomic mass is 32.2. The van der Waals surface area contributed by atoms with E-state index in [0.29, 0.717) is 17.7 Å². The van der Waals surface area contributed by atoms with Crippen molar-refractivity contribution >= 4 is 46.5 Å². The molecule has 0 aromatic heterocycles. The predicted molar refractivity (Wildman–Crippen MR) is 117 cm³/mol. The third-order valence-corrected chi connectivity index (χ3v) is 4.85. The lowest BCUT2D eigenvalue weighted by Crippen LogP contribution is -2.54. The van der Waals surface area contributed by atoms with Gasteiger partial charge in [0, 0.05) is 26.0 Å². The summed E-state index contributed by atoms with van der Waals surface area (Å²) in [5.74, 6) is -3.79. The molecule has 0 fully saturated rings. The van der Waals surface area contributed by atoms with E-state index in [2.05, 4.69) is 5.32 Å². The molecule has 3 amide bonds. The van der Waals surface area contributed by atoms with Crippen LogP contribution in [0.3, 0.4) is 0 Å². The van der Waals surface area contributed by atoms with Crippen LogP contribution in [0.25, 0.3) is 0 Å². The molecule has 0 aromatic carbocycles. The molecule has 12 heteroatoms. The molecule has 0 spiro atoms. The van der Waals surface area contributed by atoms with Crippen molar-refractivity contribution in [2.45, 2.75) is 65.5 Å². The van der Waals surface area contributed by atoms with E-state index >= 15 is 0 Å². The largest absolute Gasteiger partial charge is 0.465 e. The summed E-state index contributed by atoms with van der Waals surface area (Å²) in [4.78, 5) is 73.1. The quantitative estimate of drug-likeness (QED) is 0.330. The van der Waals surface area contributed by atoms with Crippen molar-refractivity contribution in [3.05, 3.63) is 0 Å². The van der Waals surface area contributed by atoms with E-state index in [1.807, 2.05) is 13.8 Å². The Bertz CT molecular complexity index is 686. The number of imide groups is 1. The summed E-state index contributed by atoms with van der Waals surface area (Å²) in [6.07, 6.45) is 0.835. The van der Waals surface area contributed by atoms with Gasteiger partial charge in [0.2, 0.25) is 17.7 Å². The maximum Gasteiger partial charge on any atom is 0.325 e. The first-order chi connectivity index (χ1) is 15.0. The van der Waals surface area contributed by atoms with Gasteiger partial charge in [0.25, 0.3) is 0 Å². The van der Waals surface area contributed by atoms with Crippen molar-refractivity contribution in [1.82, 2.24) is 10.2 Å². The highest BCUT2D eigenvalue weighted by Gasteiger charge is 2.34. The maximum atomic E-state index is 12.7. The fourth-order valence-electron chi connectivity index (χ4n) is 2.40. The van der Waals surface area contributed by atoms with Crippen molar-refractivity contribution in [2.75, 3.05) is 25.5 Å². The zero-order chi connectivity index (χ0) is 24.7. The average molecular weight is 476 g/mol. The van der Waals surface area contributed by atoms with Gasteiger partial charge < -0.3 is 20.5 Å². The third kappa shape index (κ3) is 11.8. The summed E-state index contributed by atoms with van der Waals surface area (Å²) in [6.45, 7) is 5.95. The van der Waals surface area contributed by atoms with Gasteiger partial charge in [0.1, 0.15) is 18.6 Å². The lowest BCUT2D eigenvalue weighted by molar-refractivity contribution is -0.151. The molecule has 182 valence electrons. The van der Waals surface area contributed by atoms with Gasteiger partial charge in [-0.25, -0.2) is 0 Å². The zero-order valence-electron chi connectivity index (χ0n) is 19.0. The topological polar surface area (TPSA) is 162 Å². The van der Waals surface area contributed by atoms with Gasteiger partial charge >= 0.3 is 11.9 Å². The minimum atomic E-state index is -1.34. The molecular weight excluding hydrogens is 442 g/mol. The van der Waals surface area contributed by atoms with Crippen LogP contribution in [0.4, 0.5) is 0 Å². The molecule has 0 aromatic rings. The van der Waals surface area contributed by atoms with Crippen LogP contribution < -0.4 is 11.1 Å². The van der Waals surface area contributed by atoms with Crippen LogP contribution in [-0.4, -0.2) is 77.3 Å². The normalized spacial score (nSPS) is 12.3. The number of carbonyl (C=O) groups excluding carboxylic acids is 6. The number of nitrogens with two attached hydrogens (primary N) is 1.